The molecule has 0 saturated carbocycles. The second kappa shape index (κ2) is 4.34. The lowest BCUT2D eigenvalue weighted by Gasteiger charge is -2.31. The third kappa shape index (κ3) is 2.05. The molecular formula is C10H13N3O3. The van der Waals surface area contributed by atoms with Gasteiger partial charge in [-0.25, -0.2) is 4.98 Å². The molecule has 0 atom stereocenters. The Hall–Kier alpha value is -1.85. The lowest BCUT2D eigenvalue weighted by atomic mass is 10.3. The molecule has 2 amide bonds. The van der Waals surface area contributed by atoms with Crippen molar-refractivity contribution < 1.29 is 14.0 Å². The van der Waals surface area contributed by atoms with Gasteiger partial charge in [-0.3, -0.25) is 9.59 Å². The minimum Gasteiger partial charge on any atom is -0.436 e. The van der Waals surface area contributed by atoms with Gasteiger partial charge in [0.05, 0.1) is 6.20 Å². The summed E-state index contributed by atoms with van der Waals surface area (Å²) in [5.41, 5.74) is 0. The van der Waals surface area contributed by atoms with Crippen molar-refractivity contribution in [1.29, 1.82) is 0 Å². The normalized spacial score (nSPS) is 16.3. The second-order valence-corrected chi connectivity index (χ2v) is 3.68. The number of hydrogen-bond acceptors (Lipinski definition) is 4. The summed E-state index contributed by atoms with van der Waals surface area (Å²) in [5.74, 6) is 0.582. The van der Waals surface area contributed by atoms with Crippen LogP contribution in [0.1, 0.15) is 16.4 Å². The van der Waals surface area contributed by atoms with E-state index in [1.807, 2.05) is 0 Å². The molecule has 1 fully saturated rings. The first-order valence-corrected chi connectivity index (χ1v) is 5.12. The van der Waals surface area contributed by atoms with E-state index in [0.29, 0.717) is 32.1 Å². The van der Waals surface area contributed by atoms with Gasteiger partial charge in [0, 0.05) is 33.1 Å². The van der Waals surface area contributed by atoms with Gasteiger partial charge in [0.25, 0.3) is 5.91 Å². The van der Waals surface area contributed by atoms with E-state index in [-0.39, 0.29) is 11.7 Å². The van der Waals surface area contributed by atoms with Gasteiger partial charge in [0.15, 0.2) is 5.89 Å². The highest BCUT2D eigenvalue weighted by Crippen LogP contribution is 2.09. The number of aromatic nitrogens is 1. The van der Waals surface area contributed by atoms with Crippen LogP contribution >= 0.6 is 0 Å². The van der Waals surface area contributed by atoms with Crippen molar-refractivity contribution in [1.82, 2.24) is 14.8 Å². The molecular weight excluding hydrogens is 210 g/mol. The number of hydrogen-bond donors (Lipinski definition) is 0. The summed E-state index contributed by atoms with van der Waals surface area (Å²) in [6.07, 6.45) is 2.24. The number of nitrogens with zero attached hydrogens (tertiary/aromatic N) is 3. The Bertz CT molecular complexity index is 394. The third-order valence-corrected chi connectivity index (χ3v) is 2.58. The first-order chi connectivity index (χ1) is 7.70. The van der Waals surface area contributed by atoms with Crippen molar-refractivity contribution in [2.75, 3.05) is 26.2 Å². The minimum absolute atomic E-state index is 0.161. The van der Waals surface area contributed by atoms with E-state index in [0.717, 1.165) is 6.41 Å². The van der Waals surface area contributed by atoms with Gasteiger partial charge in [-0.15, -0.1) is 0 Å². The van der Waals surface area contributed by atoms with Gasteiger partial charge in [-0.05, 0) is 0 Å². The number of aryl methyl sites for hydroxylation is 1. The fourth-order valence-corrected chi connectivity index (χ4v) is 1.65. The summed E-state index contributed by atoms with van der Waals surface area (Å²) in [7, 11) is 0. The molecule has 1 aliphatic rings. The van der Waals surface area contributed by atoms with E-state index >= 15 is 0 Å². The van der Waals surface area contributed by atoms with Crippen molar-refractivity contribution in [3.05, 3.63) is 17.8 Å². The van der Waals surface area contributed by atoms with Crippen molar-refractivity contribution in [3.63, 3.8) is 0 Å². The van der Waals surface area contributed by atoms with Gasteiger partial charge in [0.1, 0.15) is 0 Å². The van der Waals surface area contributed by atoms with Crippen molar-refractivity contribution in [2.24, 2.45) is 0 Å². The van der Waals surface area contributed by atoms with Crippen LogP contribution in [0.15, 0.2) is 10.6 Å². The Morgan fingerprint density at radius 3 is 2.62 bits per heavy atom. The number of oxazole rings is 1. The highest BCUT2D eigenvalue weighted by molar-refractivity contribution is 5.91. The Morgan fingerprint density at radius 1 is 1.44 bits per heavy atom. The molecule has 6 heteroatoms. The lowest BCUT2D eigenvalue weighted by Crippen LogP contribution is -2.48. The quantitative estimate of drug-likeness (QED) is 0.656. The molecule has 1 saturated heterocycles. The standard InChI is InChI=1S/C10H13N3O3/c1-8-11-6-9(16-8)10(15)13-4-2-12(7-14)3-5-13/h6-7H,2-5H2,1H3. The molecule has 1 aromatic rings. The van der Waals surface area contributed by atoms with Crippen LogP contribution in [0, 0.1) is 6.92 Å². The van der Waals surface area contributed by atoms with E-state index < -0.39 is 0 Å². The zero-order valence-corrected chi connectivity index (χ0v) is 9.05. The van der Waals surface area contributed by atoms with Crippen LogP contribution in [0.5, 0.6) is 0 Å². The average Bonchev–Trinajstić information content (AvgIpc) is 2.75. The summed E-state index contributed by atoms with van der Waals surface area (Å²) in [4.78, 5) is 29.6. The molecule has 16 heavy (non-hydrogen) atoms. The van der Waals surface area contributed by atoms with Gasteiger partial charge in [-0.1, -0.05) is 0 Å². The van der Waals surface area contributed by atoms with Crippen molar-refractivity contribution in [2.45, 2.75) is 6.92 Å². The maximum atomic E-state index is 11.9. The maximum absolute atomic E-state index is 11.9. The molecule has 0 aliphatic carbocycles. The summed E-state index contributed by atoms with van der Waals surface area (Å²) < 4.78 is 5.17. The molecule has 6 nitrogen and oxygen atoms in total. The predicted octanol–water partition coefficient (Wildman–Crippen LogP) is -0.103. The Kier molecular flexibility index (Phi) is 2.89. The first kappa shape index (κ1) is 10.7. The Labute approximate surface area is 92.8 Å². The van der Waals surface area contributed by atoms with Gasteiger partial charge < -0.3 is 14.2 Å². The SMILES string of the molecule is Cc1ncc(C(=O)N2CCN(C=O)CC2)o1. The molecule has 0 bridgehead atoms. The van der Waals surface area contributed by atoms with E-state index in [9.17, 15) is 9.59 Å². The fraction of sp³-hybridized carbons (Fsp3) is 0.500. The third-order valence-electron chi connectivity index (χ3n) is 2.58. The van der Waals surface area contributed by atoms with E-state index in [4.69, 9.17) is 4.42 Å². The smallest absolute Gasteiger partial charge is 0.291 e. The monoisotopic (exact) mass is 223 g/mol. The largest absolute Gasteiger partial charge is 0.436 e. The number of rotatable bonds is 2. The average molecular weight is 223 g/mol. The molecule has 1 aliphatic heterocycles. The fourth-order valence-electron chi connectivity index (χ4n) is 1.65. The zero-order chi connectivity index (χ0) is 11.5. The highest BCUT2D eigenvalue weighted by Gasteiger charge is 2.23. The molecule has 2 rings (SSSR count). The summed E-state index contributed by atoms with van der Waals surface area (Å²) >= 11 is 0. The Balaban J connectivity index is 1.99. The van der Waals surface area contributed by atoms with Crippen LogP contribution in [0.4, 0.5) is 0 Å². The predicted molar refractivity (Wildman–Crippen MR) is 54.8 cm³/mol. The summed E-state index contributed by atoms with van der Waals surface area (Å²) in [6, 6.07) is 0. The van der Waals surface area contributed by atoms with E-state index in [1.54, 1.807) is 16.7 Å². The summed E-state index contributed by atoms with van der Waals surface area (Å²) in [5, 5.41) is 0. The molecule has 0 aromatic carbocycles. The van der Waals surface area contributed by atoms with E-state index in [1.165, 1.54) is 6.20 Å². The van der Waals surface area contributed by atoms with Crippen molar-refractivity contribution >= 4 is 12.3 Å². The maximum Gasteiger partial charge on any atom is 0.291 e. The first-order valence-electron chi connectivity index (χ1n) is 5.12. The lowest BCUT2D eigenvalue weighted by molar-refractivity contribution is -0.119. The molecule has 0 radical (unpaired) electrons. The van der Waals surface area contributed by atoms with Crippen LogP contribution in [0.3, 0.4) is 0 Å². The van der Waals surface area contributed by atoms with Crippen LogP contribution in [-0.2, 0) is 4.79 Å². The van der Waals surface area contributed by atoms with Gasteiger partial charge in [-0.2, -0.15) is 0 Å². The number of carbonyl (C=O) groups excluding carboxylic acids is 2. The van der Waals surface area contributed by atoms with Crippen LogP contribution in [0.25, 0.3) is 0 Å². The topological polar surface area (TPSA) is 66.7 Å². The van der Waals surface area contributed by atoms with Crippen LogP contribution < -0.4 is 0 Å². The molecule has 0 N–H and O–H groups in total. The number of amides is 2. The zero-order valence-electron chi connectivity index (χ0n) is 9.05. The molecule has 1 aromatic heterocycles. The van der Waals surface area contributed by atoms with Gasteiger partial charge >= 0.3 is 0 Å². The van der Waals surface area contributed by atoms with E-state index in [2.05, 4.69) is 4.98 Å². The Morgan fingerprint density at radius 2 is 2.12 bits per heavy atom. The highest BCUT2D eigenvalue weighted by atomic mass is 16.4. The van der Waals surface area contributed by atoms with Crippen LogP contribution in [0.2, 0.25) is 0 Å². The van der Waals surface area contributed by atoms with Crippen molar-refractivity contribution in [3.8, 4) is 0 Å². The van der Waals surface area contributed by atoms with Gasteiger partial charge in [0.2, 0.25) is 12.2 Å². The van der Waals surface area contributed by atoms with Crippen LogP contribution in [-0.4, -0.2) is 53.3 Å². The molecule has 0 spiro atoms. The number of carbonyl (C=O) groups is 2. The molecule has 2 heterocycles. The molecule has 86 valence electrons. The minimum atomic E-state index is -0.161. The number of piperazine rings is 1. The second-order valence-electron chi connectivity index (χ2n) is 3.68. The summed E-state index contributed by atoms with van der Waals surface area (Å²) in [6.45, 7) is 3.92. The molecule has 0 unspecified atom stereocenters.